The van der Waals surface area contributed by atoms with Gasteiger partial charge in [0.1, 0.15) is 0 Å². The van der Waals surface area contributed by atoms with Crippen molar-refractivity contribution in [2.24, 2.45) is 0 Å². The summed E-state index contributed by atoms with van der Waals surface area (Å²) in [4.78, 5) is 23.2. The number of hydrogen-bond donors (Lipinski definition) is 2. The molecule has 8 nitrogen and oxygen atoms in total. The Morgan fingerprint density at radius 1 is 1.19 bits per heavy atom. The van der Waals surface area contributed by atoms with E-state index in [9.17, 15) is 4.79 Å². The number of nitrogens with one attached hydrogen (secondary N) is 2. The summed E-state index contributed by atoms with van der Waals surface area (Å²) in [5.41, 5.74) is 2.22. The van der Waals surface area contributed by atoms with Crippen LogP contribution in [0.25, 0.3) is 10.2 Å². The summed E-state index contributed by atoms with van der Waals surface area (Å²) < 4.78 is 11.4. The molecule has 0 aliphatic carbocycles. The first-order chi connectivity index (χ1) is 13.2. The Kier molecular flexibility index (Phi) is 5.03. The minimum absolute atomic E-state index is 0.334. The van der Waals surface area contributed by atoms with Gasteiger partial charge in [0.2, 0.25) is 5.88 Å². The van der Waals surface area contributed by atoms with Gasteiger partial charge in [0, 0.05) is 24.8 Å². The molecule has 0 saturated carbocycles. The fourth-order valence-electron chi connectivity index (χ4n) is 2.75. The number of carbonyl (C=O) groups is 1. The number of carbonyl (C=O) groups excluding carboxylic acids is 1. The highest BCUT2D eigenvalue weighted by Crippen LogP contribution is 2.31. The first-order valence-corrected chi connectivity index (χ1v) is 9.34. The van der Waals surface area contributed by atoms with Gasteiger partial charge in [0.05, 0.1) is 42.4 Å². The molecule has 1 aliphatic heterocycles. The zero-order chi connectivity index (χ0) is 18.6. The fourth-order valence-corrected chi connectivity index (χ4v) is 3.81. The van der Waals surface area contributed by atoms with E-state index in [-0.39, 0.29) is 6.03 Å². The molecule has 1 saturated heterocycles. The summed E-state index contributed by atoms with van der Waals surface area (Å²) in [7, 11) is 1.54. The van der Waals surface area contributed by atoms with Gasteiger partial charge in [0.25, 0.3) is 0 Å². The van der Waals surface area contributed by atoms with Crippen LogP contribution in [0.2, 0.25) is 0 Å². The third-order valence-corrected chi connectivity index (χ3v) is 5.20. The van der Waals surface area contributed by atoms with Gasteiger partial charge in [-0.1, -0.05) is 11.3 Å². The molecule has 0 spiro atoms. The van der Waals surface area contributed by atoms with E-state index in [1.807, 2.05) is 18.2 Å². The SMILES string of the molecule is COc1ccc(NC(=O)Nc2ccc3nc(N4CCOCC4)sc3c2)cn1. The van der Waals surface area contributed by atoms with Crippen LogP contribution in [0.4, 0.5) is 21.3 Å². The molecule has 9 heteroatoms. The second-order valence-corrected chi connectivity index (χ2v) is 6.96. The first-order valence-electron chi connectivity index (χ1n) is 8.52. The van der Waals surface area contributed by atoms with Crippen LogP contribution in [0.15, 0.2) is 36.5 Å². The van der Waals surface area contributed by atoms with Gasteiger partial charge < -0.3 is 25.0 Å². The number of hydrogen-bond acceptors (Lipinski definition) is 7. The van der Waals surface area contributed by atoms with E-state index in [2.05, 4.69) is 25.5 Å². The number of anilines is 3. The van der Waals surface area contributed by atoms with Crippen molar-refractivity contribution in [3.8, 4) is 5.88 Å². The number of ether oxygens (including phenoxy) is 2. The van der Waals surface area contributed by atoms with E-state index in [0.717, 1.165) is 41.7 Å². The summed E-state index contributed by atoms with van der Waals surface area (Å²) in [6, 6.07) is 8.78. The molecule has 3 heterocycles. The van der Waals surface area contributed by atoms with E-state index < -0.39 is 0 Å². The quantitative estimate of drug-likeness (QED) is 0.717. The van der Waals surface area contributed by atoms with Crippen LogP contribution in [0, 0.1) is 0 Å². The predicted octanol–water partition coefficient (Wildman–Crippen LogP) is 3.18. The number of morpholine rings is 1. The number of nitrogens with zero attached hydrogens (tertiary/aromatic N) is 3. The van der Waals surface area contributed by atoms with Crippen molar-refractivity contribution in [1.82, 2.24) is 9.97 Å². The number of thiazole rings is 1. The fraction of sp³-hybridized carbons (Fsp3) is 0.278. The Labute approximate surface area is 160 Å². The molecule has 4 rings (SSSR count). The Bertz CT molecular complexity index is 938. The Hall–Kier alpha value is -2.91. The zero-order valence-electron chi connectivity index (χ0n) is 14.8. The molecule has 27 heavy (non-hydrogen) atoms. The van der Waals surface area contributed by atoms with Gasteiger partial charge in [-0.05, 0) is 24.3 Å². The molecule has 140 valence electrons. The van der Waals surface area contributed by atoms with Crippen molar-refractivity contribution < 1.29 is 14.3 Å². The molecule has 2 amide bonds. The molecular weight excluding hydrogens is 366 g/mol. The minimum Gasteiger partial charge on any atom is -0.481 e. The molecule has 3 aromatic rings. The monoisotopic (exact) mass is 385 g/mol. The molecule has 0 bridgehead atoms. The molecule has 2 N–H and O–H groups in total. The largest absolute Gasteiger partial charge is 0.481 e. The number of aromatic nitrogens is 2. The van der Waals surface area contributed by atoms with Gasteiger partial charge in [-0.3, -0.25) is 0 Å². The highest BCUT2D eigenvalue weighted by Gasteiger charge is 2.15. The van der Waals surface area contributed by atoms with E-state index in [0.29, 0.717) is 17.3 Å². The molecule has 1 aliphatic rings. The molecular formula is C18H19N5O3S. The number of benzene rings is 1. The molecule has 2 aromatic heterocycles. The average molecular weight is 385 g/mol. The zero-order valence-corrected chi connectivity index (χ0v) is 15.6. The smallest absolute Gasteiger partial charge is 0.323 e. The van der Waals surface area contributed by atoms with E-state index >= 15 is 0 Å². The summed E-state index contributed by atoms with van der Waals surface area (Å²) in [5.74, 6) is 0.493. The molecule has 1 aromatic carbocycles. The lowest BCUT2D eigenvalue weighted by Crippen LogP contribution is -2.36. The van der Waals surface area contributed by atoms with Crippen molar-refractivity contribution in [3.63, 3.8) is 0 Å². The number of pyridine rings is 1. The molecule has 0 atom stereocenters. The van der Waals surface area contributed by atoms with Crippen molar-refractivity contribution in [1.29, 1.82) is 0 Å². The molecule has 0 radical (unpaired) electrons. The minimum atomic E-state index is -0.334. The predicted molar refractivity (Wildman–Crippen MR) is 106 cm³/mol. The Balaban J connectivity index is 1.44. The highest BCUT2D eigenvalue weighted by molar-refractivity contribution is 7.22. The lowest BCUT2D eigenvalue weighted by atomic mass is 10.3. The number of amides is 2. The molecule has 1 fully saturated rings. The van der Waals surface area contributed by atoms with Crippen LogP contribution < -0.4 is 20.3 Å². The van der Waals surface area contributed by atoms with Crippen LogP contribution in [0.1, 0.15) is 0 Å². The van der Waals surface area contributed by atoms with Crippen molar-refractivity contribution in [2.75, 3.05) is 48.9 Å². The van der Waals surface area contributed by atoms with Crippen molar-refractivity contribution in [3.05, 3.63) is 36.5 Å². The van der Waals surface area contributed by atoms with Crippen molar-refractivity contribution in [2.45, 2.75) is 0 Å². The maximum atomic E-state index is 12.2. The van der Waals surface area contributed by atoms with E-state index in [4.69, 9.17) is 9.47 Å². The second-order valence-electron chi connectivity index (χ2n) is 5.95. The first kappa shape index (κ1) is 17.5. The summed E-state index contributed by atoms with van der Waals surface area (Å²) in [6.45, 7) is 3.15. The highest BCUT2D eigenvalue weighted by atomic mass is 32.1. The summed E-state index contributed by atoms with van der Waals surface area (Å²) in [6.07, 6.45) is 1.54. The van der Waals surface area contributed by atoms with Gasteiger partial charge in [-0.15, -0.1) is 0 Å². The van der Waals surface area contributed by atoms with Crippen LogP contribution in [0.5, 0.6) is 5.88 Å². The van der Waals surface area contributed by atoms with Gasteiger partial charge >= 0.3 is 6.03 Å². The normalized spacial score (nSPS) is 14.2. The third-order valence-electron chi connectivity index (χ3n) is 4.12. The van der Waals surface area contributed by atoms with Crippen molar-refractivity contribution >= 4 is 44.1 Å². The Morgan fingerprint density at radius 2 is 1.96 bits per heavy atom. The topological polar surface area (TPSA) is 88.6 Å². The lowest BCUT2D eigenvalue weighted by Gasteiger charge is -2.25. The molecule has 0 unspecified atom stereocenters. The van der Waals surface area contributed by atoms with Crippen LogP contribution in [0.3, 0.4) is 0 Å². The van der Waals surface area contributed by atoms with Crippen LogP contribution in [-0.2, 0) is 4.74 Å². The third kappa shape index (κ3) is 4.09. The maximum Gasteiger partial charge on any atom is 0.323 e. The van der Waals surface area contributed by atoms with E-state index in [1.54, 1.807) is 36.8 Å². The second kappa shape index (κ2) is 7.77. The Morgan fingerprint density at radius 3 is 2.70 bits per heavy atom. The standard InChI is InChI=1S/C18H19N5O3S/c1-25-16-5-3-13(11-19-16)21-17(24)20-12-2-4-14-15(10-12)27-18(22-14)23-6-8-26-9-7-23/h2-5,10-11H,6-9H2,1H3,(H2,20,21,24). The number of fused-ring (bicyclic) bond motifs is 1. The number of urea groups is 1. The number of methoxy groups -OCH3 is 1. The summed E-state index contributed by atoms with van der Waals surface area (Å²) in [5, 5.41) is 6.57. The maximum absolute atomic E-state index is 12.2. The van der Waals surface area contributed by atoms with Gasteiger partial charge in [0.15, 0.2) is 5.13 Å². The summed E-state index contributed by atoms with van der Waals surface area (Å²) >= 11 is 1.62. The van der Waals surface area contributed by atoms with Crippen LogP contribution >= 0.6 is 11.3 Å². The van der Waals surface area contributed by atoms with Crippen LogP contribution in [-0.4, -0.2) is 49.4 Å². The average Bonchev–Trinajstić information content (AvgIpc) is 3.12. The van der Waals surface area contributed by atoms with Gasteiger partial charge in [-0.25, -0.2) is 14.8 Å². The van der Waals surface area contributed by atoms with E-state index in [1.165, 1.54) is 0 Å². The van der Waals surface area contributed by atoms with Gasteiger partial charge in [-0.2, -0.15) is 0 Å². The number of rotatable bonds is 4. The lowest BCUT2D eigenvalue weighted by molar-refractivity contribution is 0.122.